The van der Waals surface area contributed by atoms with E-state index in [0.29, 0.717) is 0 Å². The number of hydrogen-bond donors (Lipinski definition) is 0. The molecule has 0 bridgehead atoms. The van der Waals surface area contributed by atoms with Crippen molar-refractivity contribution in [3.05, 3.63) is 83.0 Å². The third-order valence-electron chi connectivity index (χ3n) is 10.1. The van der Waals surface area contributed by atoms with Crippen molar-refractivity contribution in [1.29, 1.82) is 0 Å². The van der Waals surface area contributed by atoms with Crippen molar-refractivity contribution in [1.82, 2.24) is 0 Å². The highest BCUT2D eigenvalue weighted by atomic mass is 31.2. The van der Waals surface area contributed by atoms with E-state index in [4.69, 9.17) is 13.6 Å². The van der Waals surface area contributed by atoms with Gasteiger partial charge in [-0.05, 0) is 88.7 Å². The summed E-state index contributed by atoms with van der Waals surface area (Å²) in [4.78, 5) is 0. The summed E-state index contributed by atoms with van der Waals surface area (Å²) in [6, 6.07) is 15.1. The van der Waals surface area contributed by atoms with Gasteiger partial charge in [0.2, 0.25) is 0 Å². The molecule has 1 aliphatic rings. The molecule has 0 saturated heterocycles. The van der Waals surface area contributed by atoms with Gasteiger partial charge in [0.1, 0.15) is 11.5 Å². The van der Waals surface area contributed by atoms with Crippen LogP contribution in [0.2, 0.25) is 0 Å². The minimum atomic E-state index is -1.71. The van der Waals surface area contributed by atoms with Gasteiger partial charge in [0, 0.05) is 5.56 Å². The predicted octanol–water partition coefficient (Wildman–Crippen LogP) is 12.1. The number of rotatable bonds is 14. The molecule has 232 valence electrons. The lowest BCUT2D eigenvalue weighted by Crippen LogP contribution is -2.21. The molecule has 2 aromatic carbocycles. The molecule has 2 unspecified atom stereocenters. The second-order valence-electron chi connectivity index (χ2n) is 14.5. The SMILES string of the molecule is CCC(C)(C)C1=CCC(OP(Oc2ccc(C(C)(C)CC)cc2)Oc2ccc(C(C)(C)CC)cc2C(C)(C)CC)C=C1. The van der Waals surface area contributed by atoms with Gasteiger partial charge < -0.3 is 9.05 Å². The Balaban J connectivity index is 1.95. The Morgan fingerprint density at radius 1 is 0.667 bits per heavy atom. The Morgan fingerprint density at radius 2 is 1.21 bits per heavy atom. The van der Waals surface area contributed by atoms with E-state index in [-0.39, 0.29) is 27.8 Å². The molecule has 1 aliphatic carbocycles. The second-order valence-corrected chi connectivity index (χ2v) is 15.5. The smallest absolute Gasteiger partial charge is 0.418 e. The van der Waals surface area contributed by atoms with Crippen LogP contribution in [-0.2, 0) is 20.8 Å². The molecule has 42 heavy (non-hydrogen) atoms. The zero-order valence-corrected chi connectivity index (χ0v) is 29.5. The fraction of sp³-hybridized carbons (Fsp3) is 0.579. The predicted molar refractivity (Wildman–Crippen MR) is 182 cm³/mol. The van der Waals surface area contributed by atoms with Gasteiger partial charge in [-0.3, -0.25) is 4.52 Å². The molecule has 4 heteroatoms. The monoisotopic (exact) mass is 592 g/mol. The molecule has 0 saturated carbocycles. The van der Waals surface area contributed by atoms with Crippen LogP contribution < -0.4 is 9.05 Å². The first-order valence-electron chi connectivity index (χ1n) is 16.1. The number of hydrogen-bond acceptors (Lipinski definition) is 3. The third kappa shape index (κ3) is 8.29. The zero-order valence-electron chi connectivity index (χ0n) is 28.6. The lowest BCUT2D eigenvalue weighted by atomic mass is 9.76. The average molecular weight is 593 g/mol. The summed E-state index contributed by atoms with van der Waals surface area (Å²) >= 11 is 0. The van der Waals surface area contributed by atoms with E-state index < -0.39 is 8.60 Å². The Bertz CT molecular complexity index is 1230. The number of benzene rings is 2. The van der Waals surface area contributed by atoms with Crippen molar-refractivity contribution in [3.63, 3.8) is 0 Å². The molecular formula is C38H57O3P. The van der Waals surface area contributed by atoms with E-state index in [1.165, 1.54) is 22.3 Å². The highest BCUT2D eigenvalue weighted by Crippen LogP contribution is 2.48. The van der Waals surface area contributed by atoms with Crippen molar-refractivity contribution in [2.45, 2.75) is 138 Å². The normalized spacial score (nSPS) is 17.1. The van der Waals surface area contributed by atoms with Gasteiger partial charge in [-0.25, -0.2) is 0 Å². The standard InChI is InChI=1S/C38H57O3P/c1-13-35(5,6)28-17-22-31(23-18-28)39-42(40-32-24-19-29(20-25-32)36(7,8)14-2)41-34-26-21-30(37(9,10)15-3)27-33(34)38(11,12)16-4/h17-24,26-27,32H,13-16,25H2,1-12H3. The van der Waals surface area contributed by atoms with E-state index in [1.54, 1.807) is 0 Å². The molecule has 2 aromatic rings. The van der Waals surface area contributed by atoms with Crippen LogP contribution in [0.4, 0.5) is 0 Å². The minimum absolute atomic E-state index is 0.0579. The van der Waals surface area contributed by atoms with Crippen molar-refractivity contribution < 1.29 is 13.6 Å². The van der Waals surface area contributed by atoms with E-state index in [0.717, 1.165) is 43.6 Å². The summed E-state index contributed by atoms with van der Waals surface area (Å²) in [6.45, 7) is 27.3. The van der Waals surface area contributed by atoms with Gasteiger partial charge in [-0.1, -0.05) is 126 Å². The van der Waals surface area contributed by atoms with Gasteiger partial charge in [-0.15, -0.1) is 0 Å². The highest BCUT2D eigenvalue weighted by Gasteiger charge is 2.31. The summed E-state index contributed by atoms with van der Waals surface area (Å²) < 4.78 is 19.9. The zero-order chi connectivity index (χ0) is 31.3. The van der Waals surface area contributed by atoms with Crippen molar-refractivity contribution in [3.8, 4) is 11.5 Å². The molecule has 0 spiro atoms. The molecule has 0 amide bonds. The van der Waals surface area contributed by atoms with Crippen LogP contribution in [0.25, 0.3) is 0 Å². The van der Waals surface area contributed by atoms with E-state index in [2.05, 4.69) is 144 Å². The third-order valence-corrected chi connectivity index (χ3v) is 11.2. The molecule has 0 radical (unpaired) electrons. The lowest BCUT2D eigenvalue weighted by molar-refractivity contribution is 0.214. The fourth-order valence-electron chi connectivity index (χ4n) is 4.85. The summed E-state index contributed by atoms with van der Waals surface area (Å²) in [6.07, 6.45) is 11.7. The van der Waals surface area contributed by atoms with Crippen LogP contribution in [0.5, 0.6) is 11.5 Å². The summed E-state index contributed by atoms with van der Waals surface area (Å²) in [5.41, 5.74) is 5.51. The van der Waals surface area contributed by atoms with Crippen molar-refractivity contribution in [2.75, 3.05) is 0 Å². The first-order chi connectivity index (χ1) is 19.6. The van der Waals surface area contributed by atoms with Gasteiger partial charge in [-0.2, -0.15) is 0 Å². The lowest BCUT2D eigenvalue weighted by Gasteiger charge is -2.32. The first kappa shape index (κ1) is 34.4. The molecule has 0 N–H and O–H groups in total. The van der Waals surface area contributed by atoms with E-state index in [1.807, 2.05) is 0 Å². The Morgan fingerprint density at radius 3 is 1.74 bits per heavy atom. The molecule has 0 fully saturated rings. The van der Waals surface area contributed by atoms with Gasteiger partial charge >= 0.3 is 8.60 Å². The average Bonchev–Trinajstić information content (AvgIpc) is 2.97. The fourth-order valence-corrected chi connectivity index (χ4v) is 5.96. The summed E-state index contributed by atoms with van der Waals surface area (Å²) in [5.74, 6) is 1.61. The van der Waals surface area contributed by atoms with E-state index >= 15 is 0 Å². The second kappa shape index (κ2) is 13.7. The van der Waals surface area contributed by atoms with Gasteiger partial charge in [0.25, 0.3) is 0 Å². The Kier molecular flexibility index (Phi) is 11.2. The molecule has 2 atom stereocenters. The Hall–Kier alpha value is -2.09. The maximum absolute atomic E-state index is 6.74. The topological polar surface area (TPSA) is 27.7 Å². The Labute approximate surface area is 259 Å². The maximum atomic E-state index is 6.74. The van der Waals surface area contributed by atoms with Gasteiger partial charge in [0.15, 0.2) is 0 Å². The minimum Gasteiger partial charge on any atom is -0.418 e. The highest BCUT2D eigenvalue weighted by molar-refractivity contribution is 7.42. The van der Waals surface area contributed by atoms with Crippen molar-refractivity contribution in [2.24, 2.45) is 5.41 Å². The van der Waals surface area contributed by atoms with Crippen LogP contribution in [0.3, 0.4) is 0 Å². The van der Waals surface area contributed by atoms with Crippen LogP contribution in [-0.4, -0.2) is 6.10 Å². The van der Waals surface area contributed by atoms with Crippen LogP contribution >= 0.6 is 8.60 Å². The molecule has 0 aromatic heterocycles. The molecule has 3 nitrogen and oxygen atoms in total. The number of allylic oxidation sites excluding steroid dienone is 2. The first-order valence-corrected chi connectivity index (χ1v) is 17.1. The molecule has 3 rings (SSSR count). The van der Waals surface area contributed by atoms with Crippen molar-refractivity contribution >= 4 is 8.60 Å². The van der Waals surface area contributed by atoms with Crippen LogP contribution in [0.15, 0.2) is 66.3 Å². The quantitative estimate of drug-likeness (QED) is 0.204. The van der Waals surface area contributed by atoms with E-state index in [9.17, 15) is 0 Å². The van der Waals surface area contributed by atoms with Gasteiger partial charge in [0.05, 0.1) is 6.10 Å². The summed E-state index contributed by atoms with van der Waals surface area (Å²) in [7, 11) is -1.71. The maximum Gasteiger partial charge on any atom is 0.463 e. The molecular weight excluding hydrogens is 535 g/mol. The molecule has 0 aliphatic heterocycles. The molecule has 0 heterocycles. The van der Waals surface area contributed by atoms with Crippen LogP contribution in [0.1, 0.15) is 132 Å². The largest absolute Gasteiger partial charge is 0.463 e. The summed E-state index contributed by atoms with van der Waals surface area (Å²) in [5, 5.41) is 0. The van der Waals surface area contributed by atoms with Crippen LogP contribution in [0, 0.1) is 5.41 Å².